The van der Waals surface area contributed by atoms with Crippen LogP contribution in [0, 0.1) is 0 Å². The Morgan fingerprint density at radius 2 is 0.967 bits per heavy atom. The van der Waals surface area contributed by atoms with Gasteiger partial charge in [-0.05, 0) is 48.5 Å². The summed E-state index contributed by atoms with van der Waals surface area (Å²) < 4.78 is 30.4. The van der Waals surface area contributed by atoms with Gasteiger partial charge in [-0.25, -0.2) is 4.57 Å². The van der Waals surface area contributed by atoms with Crippen molar-refractivity contribution in [3.8, 4) is 28.7 Å². The molecule has 1 unspecified atom stereocenters. The molecule has 5 nitrogen and oxygen atoms in total. The van der Waals surface area contributed by atoms with Crippen LogP contribution < -0.4 is 19.3 Å². The molecule has 0 fully saturated rings. The van der Waals surface area contributed by atoms with Gasteiger partial charge in [0.1, 0.15) is 22.6 Å². The fraction of sp³-hybridized carbons (Fsp3) is 0. The molecule has 4 aromatic rings. The zero-order valence-electron chi connectivity index (χ0n) is 15.9. The van der Waals surface area contributed by atoms with E-state index in [1.807, 2.05) is 36.4 Å². The molecule has 150 valence electrons. The fourth-order valence-corrected chi connectivity index (χ4v) is 3.99. The minimum atomic E-state index is -4.28. The van der Waals surface area contributed by atoms with Crippen molar-refractivity contribution < 1.29 is 23.5 Å². The first-order chi connectivity index (χ1) is 14.6. The Bertz CT molecular complexity index is 1160. The largest absolute Gasteiger partial charge is 0.456 e. The maximum Gasteiger partial charge on any atom is 0.412 e. The van der Waals surface area contributed by atoms with Gasteiger partial charge >= 0.3 is 7.60 Å². The molecule has 0 aliphatic rings. The SMILES string of the molecule is O=P(O)(Oc1ccccc1Oc1ccccc1)c1ccccc1Oc1ccccc1. The Morgan fingerprint density at radius 3 is 1.57 bits per heavy atom. The molecule has 0 spiro atoms. The highest BCUT2D eigenvalue weighted by atomic mass is 31.2. The topological polar surface area (TPSA) is 65.0 Å². The molecule has 4 rings (SSSR count). The van der Waals surface area contributed by atoms with E-state index in [2.05, 4.69) is 0 Å². The molecular formula is C24H19O5P. The van der Waals surface area contributed by atoms with Gasteiger partial charge in [0.05, 0.1) is 0 Å². The van der Waals surface area contributed by atoms with Gasteiger partial charge in [-0.15, -0.1) is 0 Å². The van der Waals surface area contributed by atoms with Crippen molar-refractivity contribution in [1.29, 1.82) is 0 Å². The third-order valence-corrected chi connectivity index (χ3v) is 5.61. The zero-order valence-corrected chi connectivity index (χ0v) is 16.8. The molecular weight excluding hydrogens is 399 g/mol. The highest BCUT2D eigenvalue weighted by Crippen LogP contribution is 2.47. The van der Waals surface area contributed by atoms with Crippen LogP contribution in [0.3, 0.4) is 0 Å². The van der Waals surface area contributed by atoms with E-state index >= 15 is 0 Å². The maximum atomic E-state index is 13.2. The van der Waals surface area contributed by atoms with E-state index in [1.54, 1.807) is 66.7 Å². The van der Waals surface area contributed by atoms with E-state index in [1.165, 1.54) is 6.07 Å². The Hall–Kier alpha value is -3.53. The maximum absolute atomic E-state index is 13.2. The number of hydrogen-bond donors (Lipinski definition) is 1. The lowest BCUT2D eigenvalue weighted by atomic mass is 10.3. The lowest BCUT2D eigenvalue weighted by molar-refractivity contribution is 0.377. The summed E-state index contributed by atoms with van der Waals surface area (Å²) in [4.78, 5) is 10.8. The summed E-state index contributed by atoms with van der Waals surface area (Å²) in [5.74, 6) is 1.88. The minimum absolute atomic E-state index is 0.0587. The van der Waals surface area contributed by atoms with Gasteiger partial charge in [0.15, 0.2) is 11.5 Å². The highest BCUT2D eigenvalue weighted by molar-refractivity contribution is 7.61. The van der Waals surface area contributed by atoms with Crippen LogP contribution in [0.5, 0.6) is 28.7 Å². The van der Waals surface area contributed by atoms with Crippen molar-refractivity contribution in [1.82, 2.24) is 0 Å². The minimum Gasteiger partial charge on any atom is -0.456 e. The molecule has 6 heteroatoms. The smallest absolute Gasteiger partial charge is 0.412 e. The molecule has 0 bridgehead atoms. The summed E-state index contributed by atoms with van der Waals surface area (Å²) in [6.45, 7) is 0. The molecule has 1 atom stereocenters. The highest BCUT2D eigenvalue weighted by Gasteiger charge is 2.30. The third-order valence-electron chi connectivity index (χ3n) is 4.18. The number of para-hydroxylation sites is 5. The average molecular weight is 418 g/mol. The van der Waals surface area contributed by atoms with Crippen LogP contribution >= 0.6 is 7.60 Å². The van der Waals surface area contributed by atoms with Crippen molar-refractivity contribution >= 4 is 12.9 Å². The van der Waals surface area contributed by atoms with Crippen LogP contribution in [0.15, 0.2) is 109 Å². The summed E-state index contributed by atoms with van der Waals surface area (Å²) in [5, 5.41) is 0.0587. The standard InChI is InChI=1S/C24H19O5P/c25-30(26,24-18-10-9-17-23(24)28-20-13-5-2-6-14-20)29-22-16-8-7-15-21(22)27-19-11-3-1-4-12-19/h1-18H,(H,25,26). The molecule has 0 saturated heterocycles. The number of benzene rings is 4. The molecule has 0 radical (unpaired) electrons. The summed E-state index contributed by atoms with van der Waals surface area (Å²) in [7, 11) is -4.28. The predicted molar refractivity (Wildman–Crippen MR) is 116 cm³/mol. The van der Waals surface area contributed by atoms with Crippen molar-refractivity contribution in [3.63, 3.8) is 0 Å². The predicted octanol–water partition coefficient (Wildman–Crippen LogP) is 6.16. The molecule has 0 aromatic heterocycles. The lowest BCUT2D eigenvalue weighted by Gasteiger charge is -2.18. The first-order valence-electron chi connectivity index (χ1n) is 9.29. The van der Waals surface area contributed by atoms with Gasteiger partial charge in [0.25, 0.3) is 0 Å². The molecule has 1 N–H and O–H groups in total. The van der Waals surface area contributed by atoms with E-state index in [-0.39, 0.29) is 16.8 Å². The molecule has 0 saturated carbocycles. The Labute approximate surface area is 174 Å². The molecule has 30 heavy (non-hydrogen) atoms. The van der Waals surface area contributed by atoms with Crippen LogP contribution in [0.4, 0.5) is 0 Å². The molecule has 0 amide bonds. The van der Waals surface area contributed by atoms with Gasteiger partial charge in [0.2, 0.25) is 0 Å². The Kier molecular flexibility index (Phi) is 5.84. The van der Waals surface area contributed by atoms with E-state index in [4.69, 9.17) is 14.0 Å². The summed E-state index contributed by atoms with van der Waals surface area (Å²) in [6, 6.07) is 31.4. The van der Waals surface area contributed by atoms with E-state index < -0.39 is 7.60 Å². The average Bonchev–Trinajstić information content (AvgIpc) is 2.77. The van der Waals surface area contributed by atoms with Gasteiger partial charge < -0.3 is 18.9 Å². The summed E-state index contributed by atoms with van der Waals surface area (Å²) in [6.07, 6.45) is 0. The van der Waals surface area contributed by atoms with Crippen LogP contribution in [0.25, 0.3) is 0 Å². The van der Waals surface area contributed by atoms with Crippen LogP contribution in [-0.2, 0) is 4.57 Å². The second-order valence-electron chi connectivity index (χ2n) is 6.36. The van der Waals surface area contributed by atoms with E-state index in [0.29, 0.717) is 17.2 Å². The summed E-state index contributed by atoms with van der Waals surface area (Å²) in [5.41, 5.74) is 0. The van der Waals surface area contributed by atoms with Crippen molar-refractivity contribution in [2.24, 2.45) is 0 Å². The first-order valence-corrected chi connectivity index (χ1v) is 10.9. The van der Waals surface area contributed by atoms with Crippen LogP contribution in [-0.4, -0.2) is 4.89 Å². The number of ether oxygens (including phenoxy) is 2. The quantitative estimate of drug-likeness (QED) is 0.364. The second-order valence-corrected chi connectivity index (χ2v) is 8.06. The second kappa shape index (κ2) is 8.87. The monoisotopic (exact) mass is 418 g/mol. The number of hydrogen-bond acceptors (Lipinski definition) is 4. The molecule has 0 aliphatic heterocycles. The Morgan fingerprint density at radius 1 is 0.533 bits per heavy atom. The zero-order chi connectivity index (χ0) is 20.8. The van der Waals surface area contributed by atoms with Gasteiger partial charge in [-0.2, -0.15) is 0 Å². The van der Waals surface area contributed by atoms with E-state index in [9.17, 15) is 9.46 Å². The lowest BCUT2D eigenvalue weighted by Crippen LogP contribution is -2.12. The number of rotatable bonds is 7. The fourth-order valence-electron chi connectivity index (χ4n) is 2.80. The Balaban J connectivity index is 1.62. The molecule has 4 aromatic carbocycles. The molecule has 0 heterocycles. The third kappa shape index (κ3) is 4.71. The van der Waals surface area contributed by atoms with Crippen molar-refractivity contribution in [2.45, 2.75) is 0 Å². The summed E-state index contributed by atoms with van der Waals surface area (Å²) >= 11 is 0. The van der Waals surface area contributed by atoms with Gasteiger partial charge in [-0.3, -0.25) is 0 Å². The van der Waals surface area contributed by atoms with Crippen molar-refractivity contribution in [3.05, 3.63) is 109 Å². The molecule has 0 aliphatic carbocycles. The first kappa shape index (κ1) is 19.8. The van der Waals surface area contributed by atoms with Crippen molar-refractivity contribution in [2.75, 3.05) is 0 Å². The van der Waals surface area contributed by atoms with Crippen LogP contribution in [0.2, 0.25) is 0 Å². The van der Waals surface area contributed by atoms with Gasteiger partial charge in [-0.1, -0.05) is 60.7 Å². The van der Waals surface area contributed by atoms with E-state index in [0.717, 1.165) is 0 Å². The van der Waals surface area contributed by atoms with Gasteiger partial charge in [0, 0.05) is 0 Å². The van der Waals surface area contributed by atoms with Crippen LogP contribution in [0.1, 0.15) is 0 Å². The normalized spacial score (nSPS) is 12.6.